The minimum atomic E-state index is 0.0360. The van der Waals surface area contributed by atoms with Crippen molar-refractivity contribution in [3.8, 4) is 12.1 Å². The molecule has 4 nitrogen and oxygen atoms in total. The van der Waals surface area contributed by atoms with Crippen LogP contribution in [0.5, 0.6) is 0 Å². The van der Waals surface area contributed by atoms with Gasteiger partial charge in [-0.25, -0.2) is 0 Å². The smallest absolute Gasteiger partial charge is 0.147 e. The van der Waals surface area contributed by atoms with Crippen LogP contribution in [-0.2, 0) is 0 Å². The minimum absolute atomic E-state index is 0.0360. The van der Waals surface area contributed by atoms with E-state index in [0.717, 1.165) is 5.56 Å². The lowest BCUT2D eigenvalue weighted by Gasteiger charge is -2.18. The Morgan fingerprint density at radius 2 is 1.83 bits per heavy atom. The van der Waals surface area contributed by atoms with E-state index < -0.39 is 0 Å². The molecule has 0 N–H and O–H groups in total. The van der Waals surface area contributed by atoms with Gasteiger partial charge in [-0.05, 0) is 19.4 Å². The molecule has 0 amide bonds. The first-order valence-electron chi connectivity index (χ1n) is 5.56. The fraction of sp³-hybridized carbons (Fsp3) is 0.214. The Morgan fingerprint density at radius 1 is 1.22 bits per heavy atom. The van der Waals surface area contributed by atoms with E-state index in [1.165, 1.54) is 6.20 Å². The van der Waals surface area contributed by atoms with Crippen molar-refractivity contribution < 1.29 is 0 Å². The predicted molar refractivity (Wildman–Crippen MR) is 70.3 cm³/mol. The van der Waals surface area contributed by atoms with E-state index in [9.17, 15) is 0 Å². The van der Waals surface area contributed by atoms with Crippen molar-refractivity contribution in [2.75, 3.05) is 0 Å². The fourth-order valence-electron chi connectivity index (χ4n) is 1.20. The van der Waals surface area contributed by atoms with Gasteiger partial charge in [0, 0.05) is 6.04 Å². The van der Waals surface area contributed by atoms with Crippen LogP contribution in [0.4, 0.5) is 0 Å². The van der Waals surface area contributed by atoms with Crippen molar-refractivity contribution in [2.24, 2.45) is 5.10 Å². The van der Waals surface area contributed by atoms with Crippen LogP contribution in [0.25, 0.3) is 0 Å². The standard InChI is InChI=1S/C14H14N4/c1-12(2)18(11-14(8-15)9-16)17-10-13-6-4-3-5-7-13/h3-7,10-12H,1-2H3/b17-10-. The van der Waals surface area contributed by atoms with Crippen LogP contribution in [0.3, 0.4) is 0 Å². The van der Waals surface area contributed by atoms with Crippen molar-refractivity contribution in [2.45, 2.75) is 19.9 Å². The first-order valence-corrected chi connectivity index (χ1v) is 5.56. The maximum atomic E-state index is 8.72. The molecule has 0 fully saturated rings. The van der Waals surface area contributed by atoms with Gasteiger partial charge in [0.25, 0.3) is 0 Å². The molecule has 4 heteroatoms. The largest absolute Gasteiger partial charge is 0.268 e. The van der Waals surface area contributed by atoms with Gasteiger partial charge in [-0.2, -0.15) is 15.6 Å². The van der Waals surface area contributed by atoms with Gasteiger partial charge in [0.15, 0.2) is 0 Å². The Kier molecular flexibility index (Phi) is 5.15. The summed E-state index contributed by atoms with van der Waals surface area (Å²) in [5.74, 6) is 0. The maximum Gasteiger partial charge on any atom is 0.147 e. The molecule has 0 unspecified atom stereocenters. The average Bonchev–Trinajstić information content (AvgIpc) is 2.40. The predicted octanol–water partition coefficient (Wildman–Crippen LogP) is 2.66. The lowest BCUT2D eigenvalue weighted by atomic mass is 10.2. The molecule has 0 saturated carbocycles. The lowest BCUT2D eigenvalue weighted by Crippen LogP contribution is -2.20. The van der Waals surface area contributed by atoms with E-state index in [-0.39, 0.29) is 11.6 Å². The normalized spacial score (nSPS) is 9.83. The molecule has 0 aromatic heterocycles. The van der Waals surface area contributed by atoms with Crippen LogP contribution in [0, 0.1) is 22.7 Å². The van der Waals surface area contributed by atoms with E-state index in [0.29, 0.717) is 0 Å². The zero-order chi connectivity index (χ0) is 13.4. The molecule has 0 aliphatic rings. The third-order valence-corrected chi connectivity index (χ3v) is 2.17. The summed E-state index contributed by atoms with van der Waals surface area (Å²) < 4.78 is 0. The molecule has 0 atom stereocenters. The summed E-state index contributed by atoms with van der Waals surface area (Å²) in [4.78, 5) is 0. The second-order valence-electron chi connectivity index (χ2n) is 3.90. The molecule has 1 aromatic rings. The molecule has 1 rings (SSSR count). The van der Waals surface area contributed by atoms with Gasteiger partial charge >= 0.3 is 0 Å². The zero-order valence-electron chi connectivity index (χ0n) is 10.4. The number of hydrazone groups is 1. The van der Waals surface area contributed by atoms with Gasteiger partial charge in [-0.3, -0.25) is 5.01 Å². The number of benzene rings is 1. The van der Waals surface area contributed by atoms with Gasteiger partial charge in [0.05, 0.1) is 12.4 Å². The molecule has 18 heavy (non-hydrogen) atoms. The molecule has 0 saturated heterocycles. The molecule has 0 aliphatic heterocycles. The molecule has 0 radical (unpaired) electrons. The highest BCUT2D eigenvalue weighted by Gasteiger charge is 2.04. The molecule has 0 aliphatic carbocycles. The number of hydrogen-bond donors (Lipinski definition) is 0. The lowest BCUT2D eigenvalue weighted by molar-refractivity contribution is 0.328. The van der Waals surface area contributed by atoms with Crippen molar-refractivity contribution in [3.05, 3.63) is 47.7 Å². The number of nitriles is 2. The Morgan fingerprint density at radius 3 is 2.33 bits per heavy atom. The van der Waals surface area contributed by atoms with Crippen LogP contribution >= 0.6 is 0 Å². The summed E-state index contributed by atoms with van der Waals surface area (Å²) in [6.07, 6.45) is 3.15. The van der Waals surface area contributed by atoms with Crippen LogP contribution in [0.1, 0.15) is 19.4 Å². The maximum absolute atomic E-state index is 8.72. The highest BCUT2D eigenvalue weighted by molar-refractivity contribution is 5.79. The summed E-state index contributed by atoms with van der Waals surface area (Å²) in [6, 6.07) is 13.4. The molecule has 90 valence electrons. The topological polar surface area (TPSA) is 63.2 Å². The molecule has 0 spiro atoms. The Bertz CT molecular complexity index is 499. The SMILES string of the molecule is CC(C)N(C=C(C#N)C#N)/N=C\c1ccccc1. The summed E-state index contributed by atoms with van der Waals surface area (Å²) in [6.45, 7) is 3.87. The highest BCUT2D eigenvalue weighted by Crippen LogP contribution is 2.04. The number of nitrogens with zero attached hydrogens (tertiary/aromatic N) is 4. The van der Waals surface area contributed by atoms with E-state index in [1.54, 1.807) is 11.2 Å². The fourth-order valence-corrected chi connectivity index (χ4v) is 1.20. The third kappa shape index (κ3) is 4.11. The third-order valence-electron chi connectivity index (χ3n) is 2.17. The number of hydrogen-bond acceptors (Lipinski definition) is 4. The first-order chi connectivity index (χ1) is 8.67. The Labute approximate surface area is 107 Å². The second kappa shape index (κ2) is 6.88. The molecular formula is C14H14N4. The highest BCUT2D eigenvalue weighted by atomic mass is 15.4. The van der Waals surface area contributed by atoms with Crippen LogP contribution < -0.4 is 0 Å². The molecule has 1 aromatic carbocycles. The van der Waals surface area contributed by atoms with E-state index in [1.807, 2.05) is 56.3 Å². The van der Waals surface area contributed by atoms with Crippen LogP contribution in [0.15, 0.2) is 47.2 Å². The Balaban J connectivity index is 2.90. The first kappa shape index (κ1) is 13.5. The van der Waals surface area contributed by atoms with Crippen molar-refractivity contribution in [3.63, 3.8) is 0 Å². The van der Waals surface area contributed by atoms with Crippen molar-refractivity contribution in [1.82, 2.24) is 5.01 Å². The second-order valence-corrected chi connectivity index (χ2v) is 3.90. The summed E-state index contributed by atoms with van der Waals surface area (Å²) in [7, 11) is 0. The van der Waals surface area contributed by atoms with E-state index >= 15 is 0 Å². The summed E-state index contributed by atoms with van der Waals surface area (Å²) in [5.41, 5.74) is 1.00. The number of allylic oxidation sites excluding steroid dienone is 1. The molecule has 0 bridgehead atoms. The molecule has 0 heterocycles. The van der Waals surface area contributed by atoms with Crippen molar-refractivity contribution >= 4 is 6.21 Å². The monoisotopic (exact) mass is 238 g/mol. The minimum Gasteiger partial charge on any atom is -0.268 e. The van der Waals surface area contributed by atoms with Gasteiger partial charge in [-0.1, -0.05) is 30.3 Å². The average molecular weight is 238 g/mol. The van der Waals surface area contributed by atoms with Crippen LogP contribution in [0.2, 0.25) is 0 Å². The van der Waals surface area contributed by atoms with E-state index in [2.05, 4.69) is 5.10 Å². The van der Waals surface area contributed by atoms with Crippen molar-refractivity contribution in [1.29, 1.82) is 10.5 Å². The van der Waals surface area contributed by atoms with Gasteiger partial charge < -0.3 is 0 Å². The van der Waals surface area contributed by atoms with E-state index in [4.69, 9.17) is 10.5 Å². The number of rotatable bonds is 4. The van der Waals surface area contributed by atoms with Gasteiger partial charge in [-0.15, -0.1) is 0 Å². The molecular weight excluding hydrogens is 224 g/mol. The summed E-state index contributed by atoms with van der Waals surface area (Å²) in [5, 5.41) is 23.3. The quantitative estimate of drug-likeness (QED) is 0.460. The van der Waals surface area contributed by atoms with Gasteiger partial charge in [0.1, 0.15) is 17.7 Å². The van der Waals surface area contributed by atoms with Gasteiger partial charge in [0.2, 0.25) is 0 Å². The van der Waals surface area contributed by atoms with Crippen LogP contribution in [-0.4, -0.2) is 17.3 Å². The zero-order valence-corrected chi connectivity index (χ0v) is 10.4. The Hall–Kier alpha value is -2.59. The summed E-state index contributed by atoms with van der Waals surface area (Å²) >= 11 is 0.